The number of rotatable bonds is 4. The highest BCUT2D eigenvalue weighted by Crippen LogP contribution is 2.23. The Bertz CT molecular complexity index is 942. The van der Waals surface area contributed by atoms with Gasteiger partial charge in [0.1, 0.15) is 17.1 Å². The van der Waals surface area contributed by atoms with Gasteiger partial charge in [-0.2, -0.15) is 0 Å². The van der Waals surface area contributed by atoms with Crippen molar-refractivity contribution in [2.24, 2.45) is 0 Å². The Morgan fingerprint density at radius 2 is 1.79 bits per heavy atom. The summed E-state index contributed by atoms with van der Waals surface area (Å²) < 4.78 is 7.86. The fourth-order valence-corrected chi connectivity index (χ4v) is 2.61. The lowest BCUT2D eigenvalue weighted by Gasteiger charge is -2.05. The fraction of sp³-hybridized carbons (Fsp3) is 0.105. The average molecular weight is 316 g/mol. The Kier molecular flexibility index (Phi) is 3.67. The van der Waals surface area contributed by atoms with Crippen molar-refractivity contribution in [2.45, 2.75) is 13.5 Å². The molecule has 0 aliphatic rings. The molecule has 0 saturated carbocycles. The van der Waals surface area contributed by atoms with E-state index < -0.39 is 0 Å². The van der Waals surface area contributed by atoms with E-state index in [1.165, 1.54) is 0 Å². The van der Waals surface area contributed by atoms with Gasteiger partial charge < -0.3 is 8.98 Å². The van der Waals surface area contributed by atoms with Crippen LogP contribution in [0.3, 0.4) is 0 Å². The standard InChI is InChI=1S/C19H16N4O/c1-14-17(22-19(24-14)15-7-3-2-4-8-15)13-23-12-11-21-18(23)16-9-5-6-10-20-16/h2-12H,13H2,1H3. The number of hydrogen-bond donors (Lipinski definition) is 0. The molecular formula is C19H16N4O. The first-order chi connectivity index (χ1) is 11.8. The van der Waals surface area contributed by atoms with E-state index in [0.29, 0.717) is 12.4 Å². The van der Waals surface area contributed by atoms with E-state index in [1.54, 1.807) is 12.4 Å². The summed E-state index contributed by atoms with van der Waals surface area (Å²) in [5.41, 5.74) is 2.71. The number of oxazole rings is 1. The average Bonchev–Trinajstić information content (AvgIpc) is 3.24. The zero-order valence-electron chi connectivity index (χ0n) is 13.3. The minimum Gasteiger partial charge on any atom is -0.441 e. The molecule has 0 aliphatic carbocycles. The van der Waals surface area contributed by atoms with Gasteiger partial charge in [-0.15, -0.1) is 0 Å². The van der Waals surface area contributed by atoms with Gasteiger partial charge in [-0.25, -0.2) is 9.97 Å². The molecule has 4 rings (SSSR count). The molecule has 0 radical (unpaired) electrons. The molecule has 0 atom stereocenters. The van der Waals surface area contributed by atoms with E-state index >= 15 is 0 Å². The maximum atomic E-state index is 5.83. The number of hydrogen-bond acceptors (Lipinski definition) is 4. The predicted octanol–water partition coefficient (Wildman–Crippen LogP) is 3.96. The second-order valence-electron chi connectivity index (χ2n) is 5.48. The van der Waals surface area contributed by atoms with Crippen molar-refractivity contribution in [3.8, 4) is 23.0 Å². The monoisotopic (exact) mass is 316 g/mol. The number of aryl methyl sites for hydroxylation is 1. The van der Waals surface area contributed by atoms with Gasteiger partial charge in [0.2, 0.25) is 5.89 Å². The number of benzene rings is 1. The Labute approximate surface area is 139 Å². The van der Waals surface area contributed by atoms with Gasteiger partial charge in [-0.3, -0.25) is 4.98 Å². The van der Waals surface area contributed by atoms with E-state index in [4.69, 9.17) is 4.42 Å². The van der Waals surface area contributed by atoms with Gasteiger partial charge in [0.15, 0.2) is 5.82 Å². The van der Waals surface area contributed by atoms with Crippen molar-refractivity contribution in [1.82, 2.24) is 19.5 Å². The zero-order valence-corrected chi connectivity index (χ0v) is 13.3. The molecule has 0 bridgehead atoms. The minimum atomic E-state index is 0.591. The Morgan fingerprint density at radius 3 is 2.58 bits per heavy atom. The van der Waals surface area contributed by atoms with Crippen molar-refractivity contribution >= 4 is 0 Å². The molecule has 0 aliphatic heterocycles. The Hall–Kier alpha value is -3.21. The third-order valence-electron chi connectivity index (χ3n) is 3.84. The Balaban J connectivity index is 1.66. The molecule has 0 amide bonds. The van der Waals surface area contributed by atoms with Crippen molar-refractivity contribution in [3.63, 3.8) is 0 Å². The van der Waals surface area contributed by atoms with E-state index in [1.807, 2.05) is 66.2 Å². The first kappa shape index (κ1) is 14.4. The molecule has 5 heteroatoms. The summed E-state index contributed by atoms with van der Waals surface area (Å²) in [6.45, 7) is 2.53. The lowest BCUT2D eigenvalue weighted by Crippen LogP contribution is -2.03. The van der Waals surface area contributed by atoms with Gasteiger partial charge in [0, 0.05) is 24.2 Å². The number of nitrogens with zero attached hydrogens (tertiary/aromatic N) is 4. The lowest BCUT2D eigenvalue weighted by molar-refractivity contribution is 0.538. The summed E-state index contributed by atoms with van der Waals surface area (Å²) in [6.07, 6.45) is 5.47. The molecule has 3 heterocycles. The molecule has 5 nitrogen and oxygen atoms in total. The molecule has 4 aromatic rings. The lowest BCUT2D eigenvalue weighted by atomic mass is 10.2. The minimum absolute atomic E-state index is 0.591. The molecule has 0 spiro atoms. The maximum absolute atomic E-state index is 5.83. The molecule has 0 saturated heterocycles. The van der Waals surface area contributed by atoms with Crippen LogP contribution in [0.1, 0.15) is 11.5 Å². The summed E-state index contributed by atoms with van der Waals surface area (Å²) in [5.74, 6) is 2.27. The van der Waals surface area contributed by atoms with Crippen molar-refractivity contribution in [2.75, 3.05) is 0 Å². The van der Waals surface area contributed by atoms with Crippen LogP contribution in [0.15, 0.2) is 71.5 Å². The maximum Gasteiger partial charge on any atom is 0.226 e. The van der Waals surface area contributed by atoms with Crippen LogP contribution < -0.4 is 0 Å². The normalized spacial score (nSPS) is 10.9. The van der Waals surface area contributed by atoms with Crippen LogP contribution in [0, 0.1) is 6.92 Å². The van der Waals surface area contributed by atoms with E-state index in [9.17, 15) is 0 Å². The van der Waals surface area contributed by atoms with E-state index in [2.05, 4.69) is 15.0 Å². The first-order valence-electron chi connectivity index (χ1n) is 7.75. The summed E-state index contributed by atoms with van der Waals surface area (Å²) >= 11 is 0. The highest BCUT2D eigenvalue weighted by molar-refractivity contribution is 5.53. The molecule has 1 aromatic carbocycles. The summed E-state index contributed by atoms with van der Waals surface area (Å²) in [4.78, 5) is 13.4. The van der Waals surface area contributed by atoms with Crippen LogP contribution in [-0.4, -0.2) is 19.5 Å². The topological polar surface area (TPSA) is 56.7 Å². The molecule has 24 heavy (non-hydrogen) atoms. The van der Waals surface area contributed by atoms with Crippen LogP contribution in [0.2, 0.25) is 0 Å². The number of imidazole rings is 1. The van der Waals surface area contributed by atoms with Gasteiger partial charge in [0.05, 0.1) is 6.54 Å². The van der Waals surface area contributed by atoms with Gasteiger partial charge in [0.25, 0.3) is 0 Å². The van der Waals surface area contributed by atoms with Crippen molar-refractivity contribution in [1.29, 1.82) is 0 Å². The van der Waals surface area contributed by atoms with Gasteiger partial charge in [-0.05, 0) is 31.2 Å². The van der Waals surface area contributed by atoms with Gasteiger partial charge in [-0.1, -0.05) is 24.3 Å². The van der Waals surface area contributed by atoms with E-state index in [-0.39, 0.29) is 0 Å². The second kappa shape index (κ2) is 6.12. The fourth-order valence-electron chi connectivity index (χ4n) is 2.61. The molecule has 3 aromatic heterocycles. The first-order valence-corrected chi connectivity index (χ1v) is 7.75. The third kappa shape index (κ3) is 2.72. The smallest absolute Gasteiger partial charge is 0.226 e. The van der Waals surface area contributed by atoms with Crippen LogP contribution in [0.4, 0.5) is 0 Å². The number of pyridine rings is 1. The highest BCUT2D eigenvalue weighted by atomic mass is 16.4. The largest absolute Gasteiger partial charge is 0.441 e. The summed E-state index contributed by atoms with van der Waals surface area (Å²) in [5, 5.41) is 0. The molecule has 0 N–H and O–H groups in total. The molecule has 118 valence electrons. The highest BCUT2D eigenvalue weighted by Gasteiger charge is 2.14. The summed E-state index contributed by atoms with van der Waals surface area (Å²) in [7, 11) is 0. The zero-order chi connectivity index (χ0) is 16.4. The van der Waals surface area contributed by atoms with Crippen molar-refractivity contribution < 1.29 is 4.42 Å². The Morgan fingerprint density at radius 1 is 0.958 bits per heavy atom. The van der Waals surface area contributed by atoms with Gasteiger partial charge >= 0.3 is 0 Å². The van der Waals surface area contributed by atoms with Crippen LogP contribution in [0.25, 0.3) is 23.0 Å². The SMILES string of the molecule is Cc1oc(-c2ccccc2)nc1Cn1ccnc1-c1ccccn1. The molecule has 0 unspecified atom stereocenters. The van der Waals surface area contributed by atoms with E-state index in [0.717, 1.165) is 28.5 Å². The second-order valence-corrected chi connectivity index (χ2v) is 5.48. The third-order valence-corrected chi connectivity index (χ3v) is 3.84. The van der Waals surface area contributed by atoms with Crippen LogP contribution >= 0.6 is 0 Å². The predicted molar refractivity (Wildman–Crippen MR) is 91.2 cm³/mol. The summed E-state index contributed by atoms with van der Waals surface area (Å²) in [6, 6.07) is 15.7. The molecule has 0 fully saturated rings. The molecular weight excluding hydrogens is 300 g/mol. The quantitative estimate of drug-likeness (QED) is 0.572. The van der Waals surface area contributed by atoms with Crippen molar-refractivity contribution in [3.05, 3.63) is 78.6 Å². The van der Waals surface area contributed by atoms with Crippen LogP contribution in [0.5, 0.6) is 0 Å². The number of aromatic nitrogens is 4. The van der Waals surface area contributed by atoms with Crippen LogP contribution in [-0.2, 0) is 6.54 Å².